The molecular formula is C6H12N2O4S. The number of hydrogen-bond donors (Lipinski definition) is 5. The zero-order valence-corrected chi connectivity index (χ0v) is 7.57. The predicted molar refractivity (Wildman–Crippen MR) is 47.7 cm³/mol. The van der Waals surface area contributed by atoms with Crippen LogP contribution in [0.1, 0.15) is 0 Å². The highest BCUT2D eigenvalue weighted by Crippen LogP contribution is 2.13. The summed E-state index contributed by atoms with van der Waals surface area (Å²) < 4.78 is 4.95. The van der Waals surface area contributed by atoms with Crippen molar-refractivity contribution in [3.8, 4) is 0 Å². The third-order valence-corrected chi connectivity index (χ3v) is 1.90. The van der Waals surface area contributed by atoms with Crippen molar-refractivity contribution < 1.29 is 20.1 Å². The summed E-state index contributed by atoms with van der Waals surface area (Å²) in [6, 6.07) is 0. The van der Waals surface area contributed by atoms with Crippen LogP contribution in [0.2, 0.25) is 0 Å². The fraction of sp³-hybridized carbons (Fsp3) is 0.833. The monoisotopic (exact) mass is 208 g/mol. The molecule has 1 saturated heterocycles. The Morgan fingerprint density at radius 1 is 1.38 bits per heavy atom. The van der Waals surface area contributed by atoms with E-state index < -0.39 is 24.5 Å². The summed E-state index contributed by atoms with van der Waals surface area (Å²) in [6.45, 7) is -0.0709. The van der Waals surface area contributed by atoms with Gasteiger partial charge in [-0.15, -0.1) is 0 Å². The van der Waals surface area contributed by atoms with Gasteiger partial charge in [0.15, 0.2) is 11.3 Å². The second-order valence-corrected chi connectivity index (χ2v) is 3.25. The lowest BCUT2D eigenvalue weighted by molar-refractivity contribution is -0.190. The molecule has 0 amide bonds. The first-order valence-electron chi connectivity index (χ1n) is 3.74. The average molecular weight is 208 g/mol. The van der Waals surface area contributed by atoms with E-state index in [-0.39, 0.29) is 11.7 Å². The van der Waals surface area contributed by atoms with E-state index >= 15 is 0 Å². The van der Waals surface area contributed by atoms with Gasteiger partial charge in [0.2, 0.25) is 0 Å². The van der Waals surface area contributed by atoms with Crippen molar-refractivity contribution in [2.75, 3.05) is 6.61 Å². The minimum absolute atomic E-state index is 0.0346. The molecule has 0 saturated carbocycles. The summed E-state index contributed by atoms with van der Waals surface area (Å²) in [6.07, 6.45) is -4.44. The molecule has 6 N–H and O–H groups in total. The molecule has 76 valence electrons. The zero-order chi connectivity index (χ0) is 10.0. The summed E-state index contributed by atoms with van der Waals surface area (Å²) >= 11 is 4.53. The van der Waals surface area contributed by atoms with E-state index in [9.17, 15) is 10.2 Å². The largest absolute Gasteiger partial charge is 0.388 e. The van der Waals surface area contributed by atoms with Crippen LogP contribution in [-0.4, -0.2) is 51.6 Å². The van der Waals surface area contributed by atoms with Crippen molar-refractivity contribution in [3.05, 3.63) is 0 Å². The van der Waals surface area contributed by atoms with Crippen LogP contribution >= 0.6 is 12.2 Å². The maximum absolute atomic E-state index is 9.34. The first-order chi connectivity index (χ1) is 6.02. The van der Waals surface area contributed by atoms with Gasteiger partial charge in [0.25, 0.3) is 0 Å². The Bertz CT molecular complexity index is 203. The first-order valence-corrected chi connectivity index (χ1v) is 4.15. The van der Waals surface area contributed by atoms with Gasteiger partial charge in [0, 0.05) is 0 Å². The minimum Gasteiger partial charge on any atom is -0.388 e. The molecular weight excluding hydrogens is 196 g/mol. The molecule has 0 spiro atoms. The molecule has 13 heavy (non-hydrogen) atoms. The molecule has 0 aliphatic carbocycles. The first kappa shape index (κ1) is 10.6. The fourth-order valence-electron chi connectivity index (χ4n) is 1.07. The summed E-state index contributed by atoms with van der Waals surface area (Å²) in [5, 5.41) is 30.1. The summed E-state index contributed by atoms with van der Waals surface area (Å²) in [5.41, 5.74) is 5.15. The number of thiocarbonyl (C=S) groups is 1. The van der Waals surface area contributed by atoms with Crippen LogP contribution in [0.5, 0.6) is 0 Å². The lowest BCUT2D eigenvalue weighted by Crippen LogP contribution is -2.59. The lowest BCUT2D eigenvalue weighted by atomic mass is 10.0. The van der Waals surface area contributed by atoms with Crippen LogP contribution in [-0.2, 0) is 4.74 Å². The minimum atomic E-state index is -1.25. The highest BCUT2D eigenvalue weighted by atomic mass is 32.1. The molecule has 7 heteroatoms. The van der Waals surface area contributed by atoms with Crippen molar-refractivity contribution in [3.63, 3.8) is 0 Å². The van der Waals surface area contributed by atoms with Gasteiger partial charge >= 0.3 is 0 Å². The van der Waals surface area contributed by atoms with E-state index in [2.05, 4.69) is 17.5 Å². The van der Waals surface area contributed by atoms with E-state index in [1.807, 2.05) is 0 Å². The van der Waals surface area contributed by atoms with Crippen molar-refractivity contribution in [1.82, 2.24) is 5.32 Å². The maximum Gasteiger partial charge on any atom is 0.165 e. The van der Waals surface area contributed by atoms with E-state index in [0.29, 0.717) is 0 Å². The number of nitrogens with one attached hydrogen (secondary N) is 1. The summed E-state index contributed by atoms with van der Waals surface area (Å²) in [4.78, 5) is 0. The van der Waals surface area contributed by atoms with Gasteiger partial charge in [0.05, 0.1) is 6.61 Å². The van der Waals surface area contributed by atoms with Gasteiger partial charge in [-0.1, -0.05) is 0 Å². The van der Waals surface area contributed by atoms with E-state index in [0.717, 1.165) is 0 Å². The Morgan fingerprint density at radius 3 is 2.54 bits per heavy atom. The normalized spacial score (nSPS) is 39.9. The number of rotatable bonds is 1. The van der Waals surface area contributed by atoms with Crippen LogP contribution in [0, 0.1) is 0 Å². The summed E-state index contributed by atoms with van der Waals surface area (Å²) in [5.74, 6) is 0. The van der Waals surface area contributed by atoms with E-state index in [1.54, 1.807) is 0 Å². The van der Waals surface area contributed by atoms with Crippen LogP contribution in [0.4, 0.5) is 0 Å². The van der Waals surface area contributed by atoms with Crippen molar-refractivity contribution in [1.29, 1.82) is 0 Å². The molecule has 1 aliphatic heterocycles. The number of nitrogens with two attached hydrogens (primary N) is 1. The molecule has 4 atom stereocenters. The lowest BCUT2D eigenvalue weighted by Gasteiger charge is -2.35. The summed E-state index contributed by atoms with van der Waals surface area (Å²) in [7, 11) is 0. The van der Waals surface area contributed by atoms with Gasteiger partial charge in [-0.2, -0.15) is 0 Å². The second kappa shape index (κ2) is 4.16. The van der Waals surface area contributed by atoms with Crippen LogP contribution in [0.15, 0.2) is 0 Å². The van der Waals surface area contributed by atoms with Gasteiger partial charge in [-0.25, -0.2) is 0 Å². The molecule has 0 bridgehead atoms. The predicted octanol–water partition coefficient (Wildman–Crippen LogP) is -2.74. The number of hydrogen-bond acceptors (Lipinski definition) is 5. The topological polar surface area (TPSA) is 108 Å². The second-order valence-electron chi connectivity index (χ2n) is 2.81. The Labute approximate surface area is 80.3 Å². The van der Waals surface area contributed by atoms with Crippen LogP contribution in [0.25, 0.3) is 0 Å². The maximum atomic E-state index is 9.34. The Kier molecular flexibility index (Phi) is 3.40. The number of aliphatic hydroxyl groups excluding tert-OH is 3. The number of ether oxygens (including phenoxy) is 1. The molecule has 0 aromatic carbocycles. The van der Waals surface area contributed by atoms with Gasteiger partial charge in [-0.3, -0.25) is 0 Å². The van der Waals surface area contributed by atoms with Crippen molar-refractivity contribution in [2.24, 2.45) is 5.73 Å². The molecule has 1 unspecified atom stereocenters. The molecule has 1 rings (SSSR count). The standard InChI is InChI=1S/C6H12N2O4S/c7-6(13)8-5-4(11)3(10)2(9)1-12-5/h2-5,9-11H,1H2,(H3,7,8,13)/t2-,3+,4-,5?/m1/s1. The molecule has 6 nitrogen and oxygen atoms in total. The van der Waals surface area contributed by atoms with Crippen molar-refractivity contribution in [2.45, 2.75) is 24.5 Å². The van der Waals surface area contributed by atoms with Gasteiger partial charge < -0.3 is 31.1 Å². The van der Waals surface area contributed by atoms with Crippen LogP contribution in [0.3, 0.4) is 0 Å². The highest BCUT2D eigenvalue weighted by Gasteiger charge is 2.37. The Hall–Kier alpha value is -0.470. The van der Waals surface area contributed by atoms with Gasteiger partial charge in [-0.05, 0) is 12.2 Å². The fourth-order valence-corrected chi connectivity index (χ4v) is 1.19. The molecule has 0 aromatic rings. The average Bonchev–Trinajstić information content (AvgIpc) is 2.06. The molecule has 0 radical (unpaired) electrons. The molecule has 1 fully saturated rings. The van der Waals surface area contributed by atoms with Gasteiger partial charge in [0.1, 0.15) is 18.3 Å². The molecule has 1 aliphatic rings. The highest BCUT2D eigenvalue weighted by molar-refractivity contribution is 7.80. The smallest absolute Gasteiger partial charge is 0.165 e. The third-order valence-electron chi connectivity index (χ3n) is 1.79. The third kappa shape index (κ3) is 2.48. The zero-order valence-electron chi connectivity index (χ0n) is 6.75. The Morgan fingerprint density at radius 2 is 2.00 bits per heavy atom. The SMILES string of the molecule is NC(=S)NC1OC[C@@H](O)[C@H](O)[C@H]1O. The Balaban J connectivity index is 2.53. The van der Waals surface area contributed by atoms with E-state index in [4.69, 9.17) is 15.6 Å². The van der Waals surface area contributed by atoms with Crippen LogP contribution < -0.4 is 11.1 Å². The quantitative estimate of drug-likeness (QED) is 0.297. The van der Waals surface area contributed by atoms with Crippen molar-refractivity contribution >= 4 is 17.3 Å². The molecule has 1 heterocycles. The molecule has 0 aromatic heterocycles. The van der Waals surface area contributed by atoms with E-state index in [1.165, 1.54) is 0 Å². The number of aliphatic hydroxyl groups is 3.